The van der Waals surface area contributed by atoms with E-state index < -0.39 is 53.0 Å². The molecule has 0 bridgehead atoms. The summed E-state index contributed by atoms with van der Waals surface area (Å²) >= 11 is 0. The van der Waals surface area contributed by atoms with Gasteiger partial charge in [-0.1, -0.05) is 19.9 Å². The van der Waals surface area contributed by atoms with Crippen molar-refractivity contribution in [3.63, 3.8) is 0 Å². The third kappa shape index (κ3) is 4.73. The van der Waals surface area contributed by atoms with Gasteiger partial charge in [-0.05, 0) is 25.0 Å². The third-order valence-corrected chi connectivity index (χ3v) is 3.09. The first-order chi connectivity index (χ1) is 10.6. The third-order valence-electron chi connectivity index (χ3n) is 3.09. The zero-order valence-corrected chi connectivity index (χ0v) is 12.9. The highest BCUT2D eigenvalue weighted by Gasteiger charge is 2.30. The van der Waals surface area contributed by atoms with E-state index in [-0.39, 0.29) is 0 Å². The van der Waals surface area contributed by atoms with Crippen LogP contribution in [0.1, 0.15) is 31.1 Å². The first-order valence-electron chi connectivity index (χ1n) is 6.89. The van der Waals surface area contributed by atoms with E-state index in [9.17, 15) is 23.2 Å². The number of halogens is 2. The number of benzene rings is 1. The second-order valence-electron chi connectivity index (χ2n) is 5.27. The van der Waals surface area contributed by atoms with Crippen molar-refractivity contribution in [3.8, 4) is 0 Å². The maximum absolute atomic E-state index is 13.6. The minimum Gasteiger partial charge on any atom is -0.451 e. The molecule has 1 rings (SSSR count). The molecule has 0 aromatic heterocycles. The fourth-order valence-electron chi connectivity index (χ4n) is 1.73. The van der Waals surface area contributed by atoms with E-state index in [1.165, 1.54) is 6.92 Å². The molecule has 0 spiro atoms. The Labute approximate surface area is 132 Å². The lowest BCUT2D eigenvalue weighted by Gasteiger charge is -2.22. The summed E-state index contributed by atoms with van der Waals surface area (Å²) in [6.45, 7) is 4.47. The van der Waals surface area contributed by atoms with Gasteiger partial charge in [-0.3, -0.25) is 9.59 Å². The predicted octanol–water partition coefficient (Wildman–Crippen LogP) is 1.14. The van der Waals surface area contributed by atoms with Crippen molar-refractivity contribution in [2.75, 3.05) is 0 Å². The molecular weight excluding hydrogens is 310 g/mol. The molecular formula is C15H18F2N2O4. The van der Waals surface area contributed by atoms with Crippen molar-refractivity contribution >= 4 is 17.8 Å². The van der Waals surface area contributed by atoms with Crippen LogP contribution in [0.25, 0.3) is 0 Å². The molecule has 0 aliphatic carbocycles. The van der Waals surface area contributed by atoms with Gasteiger partial charge in [0, 0.05) is 0 Å². The highest BCUT2D eigenvalue weighted by atomic mass is 19.1. The summed E-state index contributed by atoms with van der Waals surface area (Å²) in [6, 6.07) is 1.78. The second kappa shape index (κ2) is 7.66. The van der Waals surface area contributed by atoms with Crippen molar-refractivity contribution in [1.29, 1.82) is 0 Å². The molecule has 1 aromatic carbocycles. The molecule has 0 saturated heterocycles. The van der Waals surface area contributed by atoms with Crippen LogP contribution in [0.4, 0.5) is 8.78 Å². The van der Waals surface area contributed by atoms with Gasteiger partial charge in [-0.25, -0.2) is 13.6 Å². The number of carbonyl (C=O) groups is 3. The van der Waals surface area contributed by atoms with E-state index in [1.807, 2.05) is 0 Å². The molecule has 126 valence electrons. The number of rotatable bonds is 6. The maximum atomic E-state index is 13.6. The summed E-state index contributed by atoms with van der Waals surface area (Å²) in [7, 11) is 0. The lowest BCUT2D eigenvalue weighted by atomic mass is 10.0. The van der Waals surface area contributed by atoms with Crippen LogP contribution >= 0.6 is 0 Å². The first kappa shape index (κ1) is 18.5. The molecule has 23 heavy (non-hydrogen) atoms. The van der Waals surface area contributed by atoms with Gasteiger partial charge in [0.05, 0.1) is 0 Å². The van der Waals surface area contributed by atoms with Gasteiger partial charge in [0.1, 0.15) is 23.2 Å². The maximum Gasteiger partial charge on any atom is 0.329 e. The highest BCUT2D eigenvalue weighted by Crippen LogP contribution is 2.14. The Morgan fingerprint density at radius 1 is 1.13 bits per heavy atom. The Balaban J connectivity index is 2.94. The van der Waals surface area contributed by atoms with Crippen molar-refractivity contribution in [2.24, 2.45) is 11.7 Å². The molecule has 0 radical (unpaired) electrons. The number of hydrogen-bond donors (Lipinski definition) is 2. The molecule has 2 atom stereocenters. The van der Waals surface area contributed by atoms with E-state index in [1.54, 1.807) is 13.8 Å². The van der Waals surface area contributed by atoms with Crippen LogP contribution in [0.2, 0.25) is 0 Å². The minimum atomic E-state index is -1.19. The van der Waals surface area contributed by atoms with Gasteiger partial charge < -0.3 is 15.8 Å². The topological polar surface area (TPSA) is 98.5 Å². The lowest BCUT2D eigenvalue weighted by Crippen LogP contribution is -2.47. The SMILES string of the molecule is CC(C)[C@H](NC(=O)c1c(F)cccc1F)C(=O)O[C@H](C)C(N)=O. The largest absolute Gasteiger partial charge is 0.451 e. The van der Waals surface area contributed by atoms with Gasteiger partial charge in [-0.15, -0.1) is 0 Å². The molecule has 2 amide bonds. The minimum absolute atomic E-state index is 0.443. The van der Waals surface area contributed by atoms with E-state index in [0.29, 0.717) is 0 Å². The molecule has 0 heterocycles. The highest BCUT2D eigenvalue weighted by molar-refractivity contribution is 5.97. The fourth-order valence-corrected chi connectivity index (χ4v) is 1.73. The first-order valence-corrected chi connectivity index (χ1v) is 6.89. The zero-order valence-electron chi connectivity index (χ0n) is 12.9. The summed E-state index contributed by atoms with van der Waals surface area (Å²) in [6.07, 6.45) is -1.19. The number of ether oxygens (including phenoxy) is 1. The van der Waals surface area contributed by atoms with Gasteiger partial charge in [-0.2, -0.15) is 0 Å². The second-order valence-corrected chi connectivity index (χ2v) is 5.27. The molecule has 3 N–H and O–H groups in total. The van der Waals surface area contributed by atoms with Gasteiger partial charge in [0.25, 0.3) is 11.8 Å². The van der Waals surface area contributed by atoms with Crippen LogP contribution < -0.4 is 11.1 Å². The molecule has 6 nitrogen and oxygen atoms in total. The number of esters is 1. The number of nitrogens with one attached hydrogen (secondary N) is 1. The summed E-state index contributed by atoms with van der Waals surface area (Å²) < 4.78 is 32.0. The quantitative estimate of drug-likeness (QED) is 0.765. The average Bonchev–Trinajstić information content (AvgIpc) is 2.43. The Morgan fingerprint density at radius 3 is 2.09 bits per heavy atom. The fraction of sp³-hybridized carbons (Fsp3) is 0.400. The molecule has 8 heteroatoms. The van der Waals surface area contributed by atoms with E-state index in [4.69, 9.17) is 10.5 Å². The van der Waals surface area contributed by atoms with Crippen molar-refractivity contribution < 1.29 is 27.9 Å². The average molecular weight is 328 g/mol. The predicted molar refractivity (Wildman–Crippen MR) is 77.2 cm³/mol. The van der Waals surface area contributed by atoms with E-state index in [0.717, 1.165) is 18.2 Å². The molecule has 0 fully saturated rings. The van der Waals surface area contributed by atoms with E-state index >= 15 is 0 Å². The number of nitrogens with two attached hydrogens (primary N) is 1. The monoisotopic (exact) mass is 328 g/mol. The van der Waals surface area contributed by atoms with Crippen LogP contribution in [0.15, 0.2) is 18.2 Å². The van der Waals surface area contributed by atoms with Crippen LogP contribution in [0, 0.1) is 17.6 Å². The number of hydrogen-bond acceptors (Lipinski definition) is 4. The summed E-state index contributed by atoms with van der Waals surface area (Å²) in [5.74, 6) is -5.42. The van der Waals surface area contributed by atoms with E-state index in [2.05, 4.69) is 5.32 Å². The lowest BCUT2D eigenvalue weighted by molar-refractivity contribution is -0.156. The van der Waals surface area contributed by atoms with Crippen LogP contribution in [-0.2, 0) is 14.3 Å². The van der Waals surface area contributed by atoms with Crippen molar-refractivity contribution in [3.05, 3.63) is 35.4 Å². The van der Waals surface area contributed by atoms with Crippen molar-refractivity contribution in [1.82, 2.24) is 5.32 Å². The normalized spacial score (nSPS) is 13.3. The van der Waals surface area contributed by atoms with Gasteiger partial charge in [0.2, 0.25) is 0 Å². The Morgan fingerprint density at radius 2 is 1.65 bits per heavy atom. The Bertz CT molecular complexity index is 599. The molecule has 0 aliphatic heterocycles. The van der Waals surface area contributed by atoms with Gasteiger partial charge >= 0.3 is 5.97 Å². The molecule has 0 aliphatic rings. The zero-order chi connectivity index (χ0) is 17.7. The van der Waals surface area contributed by atoms with Crippen molar-refractivity contribution in [2.45, 2.75) is 32.9 Å². The summed E-state index contributed by atoms with van der Waals surface area (Å²) in [4.78, 5) is 35.0. The number of primary amides is 1. The number of amides is 2. The number of carbonyl (C=O) groups excluding carboxylic acids is 3. The van der Waals surface area contributed by atoms with Crippen LogP contribution in [0.5, 0.6) is 0 Å². The Hall–Kier alpha value is -2.51. The smallest absolute Gasteiger partial charge is 0.329 e. The van der Waals surface area contributed by atoms with Crippen LogP contribution in [0.3, 0.4) is 0 Å². The summed E-state index contributed by atoms with van der Waals surface area (Å²) in [5.41, 5.74) is 4.19. The van der Waals surface area contributed by atoms with Gasteiger partial charge in [0.15, 0.2) is 6.10 Å². The Kier molecular flexibility index (Phi) is 6.18. The molecule has 1 aromatic rings. The summed E-state index contributed by atoms with van der Waals surface area (Å²) in [5, 5.41) is 2.21. The standard InChI is InChI=1S/C15H18F2N2O4/c1-7(2)12(15(22)23-8(3)13(18)20)19-14(21)11-9(16)5-4-6-10(11)17/h4-8,12H,1-3H3,(H2,18,20)(H,19,21)/t8-,12+/m1/s1. The molecule has 0 unspecified atom stereocenters. The van der Waals surface area contributed by atoms with Crippen LogP contribution in [-0.4, -0.2) is 29.9 Å². The molecule has 0 saturated carbocycles.